The van der Waals surface area contributed by atoms with Gasteiger partial charge in [0, 0.05) is 30.0 Å². The van der Waals surface area contributed by atoms with Crippen LogP contribution in [0.2, 0.25) is 5.02 Å². The van der Waals surface area contributed by atoms with Crippen molar-refractivity contribution < 1.29 is 32.2 Å². The average Bonchev–Trinajstić information content (AvgIpc) is 3.29. The molecule has 0 radical (unpaired) electrons. The first-order chi connectivity index (χ1) is 18.2. The van der Waals surface area contributed by atoms with E-state index in [-0.39, 0.29) is 72.8 Å². The van der Waals surface area contributed by atoms with E-state index in [1.54, 1.807) is 25.1 Å². The summed E-state index contributed by atoms with van der Waals surface area (Å²) in [6, 6.07) is 12.2. The minimum atomic E-state index is -4.21. The predicted molar refractivity (Wildman–Crippen MR) is 142 cm³/mol. The molecule has 1 aromatic heterocycles. The largest absolute Gasteiger partial charge is 0.491 e. The highest BCUT2D eigenvalue weighted by atomic mass is 35.5. The highest BCUT2D eigenvalue weighted by Gasteiger charge is 2.36. The number of carbonyl (C=O) groups is 2. The molecular formula is C25H29ClN4O7S. The van der Waals surface area contributed by atoms with Crippen LogP contribution in [0.25, 0.3) is 10.9 Å². The van der Waals surface area contributed by atoms with Gasteiger partial charge in [-0.25, -0.2) is 8.42 Å². The topological polar surface area (TPSA) is 153 Å². The molecule has 2 heterocycles. The summed E-state index contributed by atoms with van der Waals surface area (Å²) in [5, 5.41) is 3.49. The molecule has 0 saturated carbocycles. The van der Waals surface area contributed by atoms with Crippen LogP contribution in [-0.2, 0) is 24.3 Å². The van der Waals surface area contributed by atoms with E-state index in [1.807, 2.05) is 18.2 Å². The lowest BCUT2D eigenvalue weighted by Gasteiger charge is -2.32. The number of nitrogens with two attached hydrogens (primary N) is 1. The van der Waals surface area contributed by atoms with E-state index in [4.69, 9.17) is 31.5 Å². The van der Waals surface area contributed by atoms with Crippen molar-refractivity contribution in [3.63, 3.8) is 0 Å². The molecule has 1 aliphatic heterocycles. The number of para-hydroxylation sites is 1. The van der Waals surface area contributed by atoms with Crippen LogP contribution in [0, 0.1) is 0 Å². The van der Waals surface area contributed by atoms with Gasteiger partial charge in [0.25, 0.3) is 5.91 Å². The number of ether oxygens (including phenoxy) is 3. The molecule has 204 valence electrons. The van der Waals surface area contributed by atoms with Gasteiger partial charge in [-0.05, 0) is 31.2 Å². The molecule has 3 aromatic rings. The van der Waals surface area contributed by atoms with E-state index in [2.05, 4.69) is 10.3 Å². The summed E-state index contributed by atoms with van der Waals surface area (Å²) < 4.78 is 45.4. The molecular weight excluding hydrogens is 536 g/mol. The average molecular weight is 565 g/mol. The Hall–Kier alpha value is -3.32. The molecule has 1 amide bonds. The Morgan fingerprint density at radius 1 is 1.26 bits per heavy atom. The van der Waals surface area contributed by atoms with Crippen molar-refractivity contribution in [3.8, 4) is 5.75 Å². The second-order valence-corrected chi connectivity index (χ2v) is 10.8. The van der Waals surface area contributed by atoms with E-state index < -0.39 is 22.0 Å². The SMILES string of the molecule is CCOC(=O)CCNc1cc(Cl)cc2c(S(=O)(=O)N3CCO[C@H](COc4ccccc4)C3)c(C(N)=O)[nH]c12. The van der Waals surface area contributed by atoms with E-state index in [1.165, 1.54) is 10.4 Å². The van der Waals surface area contributed by atoms with E-state index in [0.29, 0.717) is 17.0 Å². The van der Waals surface area contributed by atoms with Gasteiger partial charge in [-0.15, -0.1) is 0 Å². The Labute approximate surface area is 225 Å². The van der Waals surface area contributed by atoms with Crippen LogP contribution in [0.5, 0.6) is 5.75 Å². The highest BCUT2D eigenvalue weighted by Crippen LogP contribution is 2.36. The molecule has 38 heavy (non-hydrogen) atoms. The number of sulfonamides is 1. The Morgan fingerprint density at radius 3 is 2.74 bits per heavy atom. The minimum absolute atomic E-state index is 0.0191. The van der Waals surface area contributed by atoms with Crippen molar-refractivity contribution in [2.45, 2.75) is 24.3 Å². The first-order valence-electron chi connectivity index (χ1n) is 12.0. The zero-order valence-corrected chi connectivity index (χ0v) is 22.3. The summed E-state index contributed by atoms with van der Waals surface area (Å²) in [6.07, 6.45) is -0.443. The normalized spacial score (nSPS) is 16.3. The van der Waals surface area contributed by atoms with Crippen LogP contribution in [-0.4, -0.2) is 75.1 Å². The maximum atomic E-state index is 13.9. The van der Waals surface area contributed by atoms with E-state index in [0.717, 1.165) is 0 Å². The van der Waals surface area contributed by atoms with Gasteiger partial charge in [-0.1, -0.05) is 29.8 Å². The molecule has 4 N–H and O–H groups in total. The van der Waals surface area contributed by atoms with Crippen LogP contribution in [0.4, 0.5) is 5.69 Å². The fraction of sp³-hybridized carbons (Fsp3) is 0.360. The number of halogens is 1. The number of amides is 1. The molecule has 1 fully saturated rings. The second kappa shape index (κ2) is 12.0. The van der Waals surface area contributed by atoms with Gasteiger partial charge in [0.15, 0.2) is 0 Å². The lowest BCUT2D eigenvalue weighted by molar-refractivity contribution is -0.142. The Balaban J connectivity index is 1.62. The molecule has 4 rings (SSSR count). The molecule has 1 saturated heterocycles. The zero-order chi connectivity index (χ0) is 27.3. The zero-order valence-electron chi connectivity index (χ0n) is 20.7. The van der Waals surface area contributed by atoms with Gasteiger partial charge < -0.3 is 30.2 Å². The minimum Gasteiger partial charge on any atom is -0.491 e. The number of morpholine rings is 1. The number of anilines is 1. The fourth-order valence-electron chi connectivity index (χ4n) is 4.20. The van der Waals surface area contributed by atoms with Gasteiger partial charge in [0.1, 0.15) is 29.0 Å². The van der Waals surface area contributed by atoms with Crippen molar-refractivity contribution in [1.29, 1.82) is 0 Å². The van der Waals surface area contributed by atoms with Crippen molar-refractivity contribution in [2.75, 3.05) is 44.8 Å². The molecule has 0 bridgehead atoms. The molecule has 0 unspecified atom stereocenters. The lowest BCUT2D eigenvalue weighted by atomic mass is 10.2. The lowest BCUT2D eigenvalue weighted by Crippen LogP contribution is -2.47. The number of nitrogens with one attached hydrogen (secondary N) is 2. The summed E-state index contributed by atoms with van der Waals surface area (Å²) in [5.74, 6) is -0.684. The van der Waals surface area contributed by atoms with Gasteiger partial charge in [0.05, 0.1) is 30.8 Å². The Morgan fingerprint density at radius 2 is 2.03 bits per heavy atom. The standard InChI is InChI=1S/C25H29ClN4O7S/c1-2-35-21(31)8-9-28-20-13-16(26)12-19-22(20)29-23(25(27)32)24(19)38(33,34)30-10-11-36-18(14-30)15-37-17-6-4-3-5-7-17/h3-7,12-13,18,28-29H,2,8-11,14-15H2,1H3,(H2,27,32)/t18-/m0/s1. The van der Waals surface area contributed by atoms with Crippen molar-refractivity contribution in [2.24, 2.45) is 5.73 Å². The van der Waals surface area contributed by atoms with Gasteiger partial charge in [0.2, 0.25) is 10.0 Å². The third kappa shape index (κ3) is 6.21. The number of hydrogen-bond acceptors (Lipinski definition) is 8. The van der Waals surface area contributed by atoms with Crippen molar-refractivity contribution >= 4 is 50.1 Å². The van der Waals surface area contributed by atoms with Crippen molar-refractivity contribution in [3.05, 3.63) is 53.2 Å². The number of H-pyrrole nitrogens is 1. The van der Waals surface area contributed by atoms with Crippen LogP contribution in [0.15, 0.2) is 47.4 Å². The van der Waals surface area contributed by atoms with Gasteiger partial charge in [-0.2, -0.15) is 4.31 Å². The molecule has 0 spiro atoms. The number of aromatic amines is 1. The first-order valence-corrected chi connectivity index (χ1v) is 13.9. The number of nitrogens with zero attached hydrogens (tertiary/aromatic N) is 1. The molecule has 1 aliphatic rings. The summed E-state index contributed by atoms with van der Waals surface area (Å²) >= 11 is 6.33. The number of fused-ring (bicyclic) bond motifs is 1. The second-order valence-electron chi connectivity index (χ2n) is 8.53. The van der Waals surface area contributed by atoms with Crippen LogP contribution < -0.4 is 15.8 Å². The highest BCUT2D eigenvalue weighted by molar-refractivity contribution is 7.89. The number of aromatic nitrogens is 1. The smallest absolute Gasteiger partial charge is 0.307 e. The van der Waals surface area contributed by atoms with E-state index in [9.17, 15) is 18.0 Å². The number of carbonyl (C=O) groups excluding carboxylic acids is 2. The number of esters is 1. The Bertz CT molecular complexity index is 1410. The monoisotopic (exact) mass is 564 g/mol. The number of benzene rings is 2. The summed E-state index contributed by atoms with van der Waals surface area (Å²) in [4.78, 5) is 26.7. The van der Waals surface area contributed by atoms with Crippen LogP contribution >= 0.6 is 11.6 Å². The first kappa shape index (κ1) is 27.7. The summed E-state index contributed by atoms with van der Waals surface area (Å²) in [6.45, 7) is 2.58. The third-order valence-corrected chi connectivity index (χ3v) is 8.07. The summed E-state index contributed by atoms with van der Waals surface area (Å²) in [7, 11) is -4.21. The van der Waals surface area contributed by atoms with Crippen LogP contribution in [0.3, 0.4) is 0 Å². The Kier molecular flexibility index (Phi) is 8.77. The molecule has 0 aliphatic carbocycles. The van der Waals surface area contributed by atoms with E-state index >= 15 is 0 Å². The summed E-state index contributed by atoms with van der Waals surface area (Å²) in [5.41, 5.74) is 6.06. The number of rotatable bonds is 11. The predicted octanol–water partition coefficient (Wildman–Crippen LogP) is 2.75. The van der Waals surface area contributed by atoms with Gasteiger partial charge in [-0.3, -0.25) is 9.59 Å². The molecule has 2 aromatic carbocycles. The third-order valence-electron chi connectivity index (χ3n) is 5.90. The maximum Gasteiger partial charge on any atom is 0.307 e. The number of hydrogen-bond donors (Lipinski definition) is 3. The van der Waals surface area contributed by atoms with Crippen molar-refractivity contribution in [1.82, 2.24) is 9.29 Å². The molecule has 1 atom stereocenters. The number of primary amides is 1. The van der Waals surface area contributed by atoms with Gasteiger partial charge >= 0.3 is 5.97 Å². The maximum absolute atomic E-state index is 13.9. The quantitative estimate of drug-likeness (QED) is 0.300. The fourth-order valence-corrected chi connectivity index (χ4v) is 6.20. The van der Waals surface area contributed by atoms with Crippen LogP contribution in [0.1, 0.15) is 23.8 Å². The molecule has 13 heteroatoms. The molecule has 11 nitrogen and oxygen atoms in total.